The van der Waals surface area contributed by atoms with E-state index >= 15 is 0 Å². The predicted octanol–water partition coefficient (Wildman–Crippen LogP) is 0.936. The number of likely N-dealkylation sites (tertiary alicyclic amines) is 1. The van der Waals surface area contributed by atoms with Gasteiger partial charge in [-0.15, -0.1) is 0 Å². The highest BCUT2D eigenvalue weighted by molar-refractivity contribution is 5.92. The van der Waals surface area contributed by atoms with Gasteiger partial charge in [-0.25, -0.2) is 8.78 Å². The Hall–Kier alpha value is -1.53. The van der Waals surface area contributed by atoms with Crippen LogP contribution in [0.15, 0.2) is 18.2 Å². The first-order valence-electron chi connectivity index (χ1n) is 5.77. The second-order valence-electron chi connectivity index (χ2n) is 4.46. The van der Waals surface area contributed by atoms with Gasteiger partial charge in [-0.1, -0.05) is 0 Å². The zero-order chi connectivity index (χ0) is 13.1. The average Bonchev–Trinajstić information content (AvgIpc) is 2.69. The van der Waals surface area contributed by atoms with Gasteiger partial charge in [0.1, 0.15) is 0 Å². The first-order chi connectivity index (χ1) is 8.54. The molecule has 1 atom stereocenters. The average molecular weight is 255 g/mol. The van der Waals surface area contributed by atoms with E-state index in [1.807, 2.05) is 4.90 Å². The van der Waals surface area contributed by atoms with Crippen molar-refractivity contribution in [1.82, 2.24) is 4.90 Å². The summed E-state index contributed by atoms with van der Waals surface area (Å²) in [4.78, 5) is 13.6. The number of halogens is 2. The number of nitrogens with one attached hydrogen (secondary N) is 1. The third-order valence-electron chi connectivity index (χ3n) is 2.88. The van der Waals surface area contributed by atoms with Crippen LogP contribution >= 0.6 is 0 Å². The van der Waals surface area contributed by atoms with Gasteiger partial charge in [0, 0.05) is 30.9 Å². The standard InChI is InChI=1S/C12H15F2N3O/c13-10-2-1-9(5-11(10)14)16-12(18)7-17-4-3-8(15)6-17/h1-2,5,8H,3-4,6-7,15H2,(H,16,18)/t8-/m1/s1. The molecule has 6 heteroatoms. The van der Waals surface area contributed by atoms with Crippen molar-refractivity contribution >= 4 is 11.6 Å². The van der Waals surface area contributed by atoms with Crippen LogP contribution in [-0.4, -0.2) is 36.5 Å². The van der Waals surface area contributed by atoms with Crippen molar-refractivity contribution in [3.05, 3.63) is 29.8 Å². The van der Waals surface area contributed by atoms with E-state index in [4.69, 9.17) is 5.73 Å². The van der Waals surface area contributed by atoms with Crippen molar-refractivity contribution in [1.29, 1.82) is 0 Å². The second-order valence-corrected chi connectivity index (χ2v) is 4.46. The number of nitrogens with two attached hydrogens (primary N) is 1. The number of nitrogens with zero attached hydrogens (tertiary/aromatic N) is 1. The number of carbonyl (C=O) groups excluding carboxylic acids is 1. The molecule has 0 radical (unpaired) electrons. The Morgan fingerprint density at radius 3 is 2.83 bits per heavy atom. The molecule has 1 aromatic carbocycles. The quantitative estimate of drug-likeness (QED) is 0.845. The highest BCUT2D eigenvalue weighted by Crippen LogP contribution is 2.13. The van der Waals surface area contributed by atoms with Crippen LogP contribution in [0.2, 0.25) is 0 Å². The highest BCUT2D eigenvalue weighted by atomic mass is 19.2. The Balaban J connectivity index is 1.89. The van der Waals surface area contributed by atoms with Gasteiger partial charge in [0.05, 0.1) is 6.54 Å². The molecule has 1 heterocycles. The molecular formula is C12H15F2N3O. The molecule has 0 spiro atoms. The third kappa shape index (κ3) is 3.24. The normalized spacial score (nSPS) is 20.1. The molecule has 1 aliphatic rings. The molecule has 4 nitrogen and oxygen atoms in total. The Morgan fingerprint density at radius 2 is 2.22 bits per heavy atom. The second kappa shape index (κ2) is 5.41. The van der Waals surface area contributed by atoms with E-state index in [1.165, 1.54) is 6.07 Å². The van der Waals surface area contributed by atoms with E-state index in [0.29, 0.717) is 6.54 Å². The number of anilines is 1. The molecule has 3 N–H and O–H groups in total. The summed E-state index contributed by atoms with van der Waals surface area (Å²) >= 11 is 0. The smallest absolute Gasteiger partial charge is 0.238 e. The minimum Gasteiger partial charge on any atom is -0.326 e. The maximum absolute atomic E-state index is 12.9. The van der Waals surface area contributed by atoms with Crippen molar-refractivity contribution < 1.29 is 13.6 Å². The van der Waals surface area contributed by atoms with E-state index in [0.717, 1.165) is 25.1 Å². The highest BCUT2D eigenvalue weighted by Gasteiger charge is 2.21. The summed E-state index contributed by atoms with van der Waals surface area (Å²) in [5.74, 6) is -2.16. The molecular weight excluding hydrogens is 240 g/mol. The van der Waals surface area contributed by atoms with Gasteiger partial charge in [0.2, 0.25) is 5.91 Å². The molecule has 0 saturated carbocycles. The number of amides is 1. The van der Waals surface area contributed by atoms with Gasteiger partial charge in [0.25, 0.3) is 0 Å². The van der Waals surface area contributed by atoms with E-state index in [1.54, 1.807) is 0 Å². The minimum atomic E-state index is -0.976. The number of rotatable bonds is 3. The first-order valence-corrected chi connectivity index (χ1v) is 5.77. The van der Waals surface area contributed by atoms with Gasteiger partial charge in [-0.05, 0) is 18.6 Å². The van der Waals surface area contributed by atoms with E-state index in [-0.39, 0.29) is 24.2 Å². The molecule has 0 bridgehead atoms. The van der Waals surface area contributed by atoms with Crippen LogP contribution in [0.5, 0.6) is 0 Å². The van der Waals surface area contributed by atoms with Crippen molar-refractivity contribution in [2.45, 2.75) is 12.5 Å². The van der Waals surface area contributed by atoms with Gasteiger partial charge >= 0.3 is 0 Å². The van der Waals surface area contributed by atoms with Crippen molar-refractivity contribution in [2.24, 2.45) is 5.73 Å². The molecule has 0 unspecified atom stereocenters. The summed E-state index contributed by atoms with van der Waals surface area (Å²) in [5, 5.41) is 2.52. The summed E-state index contributed by atoms with van der Waals surface area (Å²) < 4.78 is 25.6. The molecule has 1 saturated heterocycles. The van der Waals surface area contributed by atoms with Gasteiger partial charge in [0.15, 0.2) is 11.6 Å². The first kappa shape index (κ1) is 12.9. The maximum Gasteiger partial charge on any atom is 0.238 e. The Labute approximate surface area is 104 Å². The largest absolute Gasteiger partial charge is 0.326 e. The molecule has 0 aliphatic carbocycles. The molecule has 1 aromatic rings. The van der Waals surface area contributed by atoms with E-state index in [2.05, 4.69) is 5.32 Å². The zero-order valence-electron chi connectivity index (χ0n) is 9.83. The summed E-state index contributed by atoms with van der Waals surface area (Å²) in [6, 6.07) is 3.38. The van der Waals surface area contributed by atoms with Gasteiger partial charge in [-0.2, -0.15) is 0 Å². The molecule has 18 heavy (non-hydrogen) atoms. The van der Waals surface area contributed by atoms with Gasteiger partial charge in [-0.3, -0.25) is 9.69 Å². The monoisotopic (exact) mass is 255 g/mol. The van der Waals surface area contributed by atoms with E-state index < -0.39 is 11.6 Å². The topological polar surface area (TPSA) is 58.4 Å². The van der Waals surface area contributed by atoms with Crippen LogP contribution < -0.4 is 11.1 Å². The van der Waals surface area contributed by atoms with Crippen LogP contribution in [-0.2, 0) is 4.79 Å². The van der Waals surface area contributed by atoms with Crippen LogP contribution in [0.25, 0.3) is 0 Å². The number of benzene rings is 1. The molecule has 1 aliphatic heterocycles. The van der Waals surface area contributed by atoms with Crippen LogP contribution in [0.3, 0.4) is 0 Å². The van der Waals surface area contributed by atoms with Crippen molar-refractivity contribution in [3.63, 3.8) is 0 Å². The fourth-order valence-corrected chi connectivity index (χ4v) is 1.98. The van der Waals surface area contributed by atoms with Crippen molar-refractivity contribution in [3.8, 4) is 0 Å². The summed E-state index contributed by atoms with van der Waals surface area (Å²) in [6.45, 7) is 1.68. The fourth-order valence-electron chi connectivity index (χ4n) is 1.98. The number of hydrogen-bond acceptors (Lipinski definition) is 3. The Morgan fingerprint density at radius 1 is 1.44 bits per heavy atom. The predicted molar refractivity (Wildman–Crippen MR) is 64.0 cm³/mol. The lowest BCUT2D eigenvalue weighted by Crippen LogP contribution is -2.33. The van der Waals surface area contributed by atoms with Crippen LogP contribution in [0.1, 0.15) is 6.42 Å². The molecule has 2 rings (SSSR count). The SMILES string of the molecule is N[C@@H]1CCN(CC(=O)Nc2ccc(F)c(F)c2)C1. The van der Waals surface area contributed by atoms with Gasteiger partial charge < -0.3 is 11.1 Å². The third-order valence-corrected chi connectivity index (χ3v) is 2.88. The summed E-state index contributed by atoms with van der Waals surface area (Å²) in [6.07, 6.45) is 0.873. The summed E-state index contributed by atoms with van der Waals surface area (Å²) in [7, 11) is 0. The lowest BCUT2D eigenvalue weighted by molar-refractivity contribution is -0.117. The maximum atomic E-state index is 12.9. The lowest BCUT2D eigenvalue weighted by Gasteiger charge is -2.14. The zero-order valence-corrected chi connectivity index (χ0v) is 9.83. The Kier molecular flexibility index (Phi) is 3.88. The number of carbonyl (C=O) groups is 1. The molecule has 1 amide bonds. The lowest BCUT2D eigenvalue weighted by atomic mass is 10.3. The molecule has 0 aromatic heterocycles. The van der Waals surface area contributed by atoms with E-state index in [9.17, 15) is 13.6 Å². The summed E-state index contributed by atoms with van der Waals surface area (Å²) in [5.41, 5.74) is 5.98. The molecule has 1 fully saturated rings. The van der Waals surface area contributed by atoms with Crippen LogP contribution in [0, 0.1) is 11.6 Å². The fraction of sp³-hybridized carbons (Fsp3) is 0.417. The molecule has 98 valence electrons. The van der Waals surface area contributed by atoms with Crippen LogP contribution in [0.4, 0.5) is 14.5 Å². The van der Waals surface area contributed by atoms with Crippen molar-refractivity contribution in [2.75, 3.05) is 25.0 Å². The Bertz CT molecular complexity index is 453. The number of hydrogen-bond donors (Lipinski definition) is 2. The minimum absolute atomic E-state index is 0.112.